The number of hydrogen-bond acceptors (Lipinski definition) is 3. The van der Waals surface area contributed by atoms with Gasteiger partial charge in [0.05, 0.1) is 16.1 Å². The Morgan fingerprint density at radius 3 is 2.67 bits per heavy atom. The Hall–Kier alpha value is -2.12. The molecule has 0 aliphatic heterocycles. The number of benzene rings is 1. The highest BCUT2D eigenvalue weighted by molar-refractivity contribution is 7.14. The number of nitriles is 1. The average Bonchev–Trinajstić information content (AvgIpc) is 2.70. The minimum atomic E-state index is -0.168. The molecule has 90 valence electrons. The summed E-state index contributed by atoms with van der Waals surface area (Å²) in [6.45, 7) is 3.96. The summed E-state index contributed by atoms with van der Waals surface area (Å²) in [7, 11) is 0. The Labute approximate surface area is 110 Å². The molecule has 3 nitrogen and oxygen atoms in total. The number of para-hydroxylation sites is 1. The topological polar surface area (TPSA) is 52.9 Å². The van der Waals surface area contributed by atoms with E-state index in [9.17, 15) is 4.79 Å². The van der Waals surface area contributed by atoms with E-state index in [0.717, 1.165) is 10.4 Å². The number of carbonyl (C=O) groups is 1. The number of nitrogens with one attached hydrogen (secondary N) is 1. The summed E-state index contributed by atoms with van der Waals surface area (Å²) in [5, 5.41) is 11.7. The van der Waals surface area contributed by atoms with Crippen LogP contribution < -0.4 is 5.32 Å². The van der Waals surface area contributed by atoms with Crippen molar-refractivity contribution in [1.29, 1.82) is 5.26 Å². The second-order valence-corrected chi connectivity index (χ2v) is 5.22. The zero-order valence-electron chi connectivity index (χ0n) is 10.2. The lowest BCUT2D eigenvalue weighted by atomic mass is 10.2. The summed E-state index contributed by atoms with van der Waals surface area (Å²) in [5.74, 6) is -0.168. The van der Waals surface area contributed by atoms with Gasteiger partial charge in [0.1, 0.15) is 6.07 Å². The maximum atomic E-state index is 12.0. The van der Waals surface area contributed by atoms with E-state index in [1.54, 1.807) is 24.3 Å². The maximum absolute atomic E-state index is 12.0. The first kappa shape index (κ1) is 12.3. The lowest BCUT2D eigenvalue weighted by molar-refractivity contribution is 0.103. The van der Waals surface area contributed by atoms with Crippen LogP contribution in [0.1, 0.15) is 25.7 Å². The van der Waals surface area contributed by atoms with Crippen molar-refractivity contribution >= 4 is 22.9 Å². The fourth-order valence-electron chi connectivity index (χ4n) is 1.56. The lowest BCUT2D eigenvalue weighted by Gasteiger charge is -2.04. The molecule has 1 amide bonds. The van der Waals surface area contributed by atoms with E-state index < -0.39 is 0 Å². The van der Waals surface area contributed by atoms with Crippen molar-refractivity contribution in [1.82, 2.24) is 0 Å². The minimum Gasteiger partial charge on any atom is -0.320 e. The summed E-state index contributed by atoms with van der Waals surface area (Å²) in [5.41, 5.74) is 2.13. The maximum Gasteiger partial charge on any atom is 0.265 e. The predicted molar refractivity (Wildman–Crippen MR) is 72.9 cm³/mol. The standard InChI is InChI=1S/C14H12N2OS/c1-9-7-13(18-10(9)2)14(17)16-12-6-4-3-5-11(12)8-15/h3-7H,1-2H3,(H,16,17). The molecule has 1 heterocycles. The number of hydrogen-bond donors (Lipinski definition) is 1. The summed E-state index contributed by atoms with van der Waals surface area (Å²) >= 11 is 1.46. The Bertz CT molecular complexity index is 618. The first-order valence-corrected chi connectivity index (χ1v) is 6.31. The monoisotopic (exact) mass is 256 g/mol. The Kier molecular flexibility index (Phi) is 3.45. The van der Waals surface area contributed by atoms with Crippen LogP contribution >= 0.6 is 11.3 Å². The average molecular weight is 256 g/mol. The number of anilines is 1. The molecule has 0 bridgehead atoms. The first-order valence-electron chi connectivity index (χ1n) is 5.49. The van der Waals surface area contributed by atoms with Gasteiger partial charge in [-0.05, 0) is 37.6 Å². The van der Waals surface area contributed by atoms with Gasteiger partial charge in [0.15, 0.2) is 0 Å². The van der Waals surface area contributed by atoms with Crippen LogP contribution in [0.4, 0.5) is 5.69 Å². The number of thiophene rings is 1. The molecule has 1 N–H and O–H groups in total. The molecule has 0 fully saturated rings. The minimum absolute atomic E-state index is 0.168. The molecule has 0 aliphatic rings. The van der Waals surface area contributed by atoms with E-state index in [2.05, 4.69) is 11.4 Å². The molecule has 0 unspecified atom stereocenters. The Morgan fingerprint density at radius 1 is 1.33 bits per heavy atom. The molecule has 0 saturated heterocycles. The van der Waals surface area contributed by atoms with Crippen molar-refractivity contribution in [2.75, 3.05) is 5.32 Å². The highest BCUT2D eigenvalue weighted by atomic mass is 32.1. The summed E-state index contributed by atoms with van der Waals surface area (Å²) < 4.78 is 0. The van der Waals surface area contributed by atoms with E-state index >= 15 is 0 Å². The molecular weight excluding hydrogens is 244 g/mol. The predicted octanol–water partition coefficient (Wildman–Crippen LogP) is 3.49. The summed E-state index contributed by atoms with van der Waals surface area (Å²) in [6, 6.07) is 10.9. The van der Waals surface area contributed by atoms with E-state index in [0.29, 0.717) is 16.1 Å². The van der Waals surface area contributed by atoms with Gasteiger partial charge in [0, 0.05) is 4.88 Å². The molecule has 4 heteroatoms. The van der Waals surface area contributed by atoms with Crippen LogP contribution in [0.25, 0.3) is 0 Å². The van der Waals surface area contributed by atoms with Crippen LogP contribution in [0.3, 0.4) is 0 Å². The number of carbonyl (C=O) groups excluding carboxylic acids is 1. The molecular formula is C14H12N2OS. The molecule has 2 aromatic rings. The van der Waals surface area contributed by atoms with Gasteiger partial charge in [-0.25, -0.2) is 0 Å². The molecule has 0 aliphatic carbocycles. The number of amides is 1. The third-order valence-electron chi connectivity index (χ3n) is 2.69. The quantitative estimate of drug-likeness (QED) is 0.894. The fraction of sp³-hybridized carbons (Fsp3) is 0.143. The lowest BCUT2D eigenvalue weighted by Crippen LogP contribution is -2.11. The van der Waals surface area contributed by atoms with Gasteiger partial charge in [-0.15, -0.1) is 11.3 Å². The molecule has 0 spiro atoms. The molecule has 18 heavy (non-hydrogen) atoms. The van der Waals surface area contributed by atoms with Crippen LogP contribution in [-0.4, -0.2) is 5.91 Å². The summed E-state index contributed by atoms with van der Waals surface area (Å²) in [6.07, 6.45) is 0. The van der Waals surface area contributed by atoms with Crippen molar-refractivity contribution in [3.63, 3.8) is 0 Å². The van der Waals surface area contributed by atoms with E-state index in [-0.39, 0.29) is 5.91 Å². The normalized spacial score (nSPS) is 9.83. The third-order valence-corrected chi connectivity index (χ3v) is 3.84. The number of rotatable bonds is 2. The molecule has 0 saturated carbocycles. The highest BCUT2D eigenvalue weighted by Crippen LogP contribution is 2.22. The van der Waals surface area contributed by atoms with Gasteiger partial charge in [0.2, 0.25) is 0 Å². The van der Waals surface area contributed by atoms with Gasteiger partial charge >= 0.3 is 0 Å². The van der Waals surface area contributed by atoms with Gasteiger partial charge < -0.3 is 5.32 Å². The number of nitrogens with zero attached hydrogens (tertiary/aromatic N) is 1. The van der Waals surface area contributed by atoms with Crippen molar-refractivity contribution < 1.29 is 4.79 Å². The Morgan fingerprint density at radius 2 is 2.06 bits per heavy atom. The van der Waals surface area contributed by atoms with Crippen molar-refractivity contribution in [2.45, 2.75) is 13.8 Å². The molecule has 1 aromatic heterocycles. The second-order valence-electron chi connectivity index (χ2n) is 3.96. The number of aryl methyl sites for hydroxylation is 2. The van der Waals surface area contributed by atoms with Crippen molar-refractivity contribution in [3.05, 3.63) is 51.2 Å². The smallest absolute Gasteiger partial charge is 0.265 e. The largest absolute Gasteiger partial charge is 0.320 e. The van der Waals surface area contributed by atoms with E-state index in [1.165, 1.54) is 11.3 Å². The molecule has 0 radical (unpaired) electrons. The fourth-order valence-corrected chi connectivity index (χ4v) is 2.49. The third kappa shape index (κ3) is 2.41. The van der Waals surface area contributed by atoms with Crippen LogP contribution in [0.15, 0.2) is 30.3 Å². The molecule has 1 aromatic carbocycles. The van der Waals surface area contributed by atoms with Crippen LogP contribution in [0, 0.1) is 25.2 Å². The second kappa shape index (κ2) is 5.03. The van der Waals surface area contributed by atoms with Crippen LogP contribution in [0.5, 0.6) is 0 Å². The van der Waals surface area contributed by atoms with Gasteiger partial charge in [-0.2, -0.15) is 5.26 Å². The zero-order chi connectivity index (χ0) is 13.1. The van der Waals surface area contributed by atoms with Gasteiger partial charge in [-0.3, -0.25) is 4.79 Å². The van der Waals surface area contributed by atoms with Gasteiger partial charge in [0.25, 0.3) is 5.91 Å². The first-order chi connectivity index (χ1) is 8.61. The Balaban J connectivity index is 2.24. The van der Waals surface area contributed by atoms with Crippen molar-refractivity contribution in [3.8, 4) is 6.07 Å². The molecule has 0 atom stereocenters. The van der Waals surface area contributed by atoms with Crippen LogP contribution in [-0.2, 0) is 0 Å². The molecule has 2 rings (SSSR count). The van der Waals surface area contributed by atoms with Crippen molar-refractivity contribution in [2.24, 2.45) is 0 Å². The highest BCUT2D eigenvalue weighted by Gasteiger charge is 2.12. The van der Waals surface area contributed by atoms with E-state index in [1.807, 2.05) is 19.9 Å². The van der Waals surface area contributed by atoms with Crippen LogP contribution in [0.2, 0.25) is 0 Å². The van der Waals surface area contributed by atoms with Gasteiger partial charge in [-0.1, -0.05) is 12.1 Å². The SMILES string of the molecule is Cc1cc(C(=O)Nc2ccccc2C#N)sc1C. The van der Waals surface area contributed by atoms with E-state index in [4.69, 9.17) is 5.26 Å². The zero-order valence-corrected chi connectivity index (χ0v) is 11.0. The summed E-state index contributed by atoms with van der Waals surface area (Å²) in [4.78, 5) is 13.8.